The normalized spacial score (nSPS) is 34.0. The molecule has 0 unspecified atom stereocenters. The molecule has 2 aliphatic carbocycles. The molecule has 41 heavy (non-hydrogen) atoms. The number of hydrogen-bond donors (Lipinski definition) is 5. The first-order valence-corrected chi connectivity index (χ1v) is 13.8. The fraction of sp³-hybridized carbons (Fsp3) is 0.615. The van der Waals surface area contributed by atoms with E-state index in [1.807, 2.05) is 23.3 Å². The molecule has 4 aromatic heterocycles. The van der Waals surface area contributed by atoms with Crippen molar-refractivity contribution in [2.24, 2.45) is 11.8 Å². The van der Waals surface area contributed by atoms with Crippen LogP contribution in [0.15, 0.2) is 19.0 Å². The fourth-order valence-electron chi connectivity index (χ4n) is 6.56. The Morgan fingerprint density at radius 2 is 1.56 bits per heavy atom. The zero-order valence-electron chi connectivity index (χ0n) is 23.8. The Labute approximate surface area is 262 Å². The summed E-state index contributed by atoms with van der Waals surface area (Å²) in [6, 6.07) is -0.749. The van der Waals surface area contributed by atoms with E-state index < -0.39 is 24.4 Å². The van der Waals surface area contributed by atoms with Gasteiger partial charge in [0, 0.05) is 63.0 Å². The van der Waals surface area contributed by atoms with Crippen molar-refractivity contribution in [3.8, 4) is 0 Å². The van der Waals surface area contributed by atoms with Crippen molar-refractivity contribution in [2.75, 3.05) is 23.3 Å². The molecule has 2 saturated carbocycles. The average Bonchev–Trinajstić information content (AvgIpc) is 3.77. The number of imidazole rings is 2. The third-order valence-corrected chi connectivity index (χ3v) is 8.95. The van der Waals surface area contributed by atoms with Gasteiger partial charge in [-0.1, -0.05) is 13.8 Å². The van der Waals surface area contributed by atoms with E-state index in [1.165, 1.54) is 0 Å². The van der Waals surface area contributed by atoms with Crippen molar-refractivity contribution in [2.45, 2.75) is 75.7 Å². The Kier molecular flexibility index (Phi) is 7.40. The van der Waals surface area contributed by atoms with Gasteiger partial charge in [-0.05, 0) is 37.3 Å². The second-order valence-corrected chi connectivity index (χ2v) is 11.6. The van der Waals surface area contributed by atoms with E-state index in [0.717, 1.165) is 6.42 Å². The zero-order chi connectivity index (χ0) is 28.6. The van der Waals surface area contributed by atoms with Crippen molar-refractivity contribution in [3.63, 3.8) is 0 Å². The molecule has 1 radical (unpaired) electrons. The van der Waals surface area contributed by atoms with Gasteiger partial charge >= 0.3 is 0 Å². The predicted octanol–water partition coefficient (Wildman–Crippen LogP) is 0.0599. The number of anilines is 2. The van der Waals surface area contributed by atoms with Gasteiger partial charge < -0.3 is 49.7 Å². The van der Waals surface area contributed by atoms with Crippen LogP contribution in [0.2, 0.25) is 0 Å². The second-order valence-electron chi connectivity index (χ2n) is 11.6. The molecule has 1 saturated heterocycles. The summed E-state index contributed by atoms with van der Waals surface area (Å²) in [6.07, 6.45) is 4.50. The summed E-state index contributed by atoms with van der Waals surface area (Å²) < 4.78 is 11.8. The summed E-state index contributed by atoms with van der Waals surface area (Å²) in [4.78, 5) is 28.7. The number of nitrogens with one attached hydrogen (secondary N) is 1. The third kappa shape index (κ3) is 4.82. The Balaban J connectivity index is 0.00000316. The van der Waals surface area contributed by atoms with E-state index in [0.29, 0.717) is 60.0 Å². The standard InChI is InChI=1S/C26H33N10O4.Y/c1-12-5-16(21(39)19(12)37)35-10-30-15-7-27-26(33-24(15)35)34-4-3-14(8-34)32-23-18-25(29-9-28-23)36(11-31-18)17-6-13(2)20(38)22(17)40;/h9-14,16-17,19-22,37-40H,3-6,8H2,1-2H3,(H,28,29,32);/q-1;/t12-,13-,14+,16+,17+,19+,20+,21-,22-;/m0./s1/i9T;. The Bertz CT molecular complexity index is 1600. The summed E-state index contributed by atoms with van der Waals surface area (Å²) in [5.74, 6) is 0.828. The van der Waals surface area contributed by atoms with Crippen LogP contribution < -0.4 is 10.2 Å². The van der Waals surface area contributed by atoms with Crippen LogP contribution in [0.1, 0.15) is 46.6 Å². The minimum absolute atomic E-state index is 0. The van der Waals surface area contributed by atoms with Gasteiger partial charge in [-0.25, -0.2) is 15.0 Å². The molecule has 9 atom stereocenters. The molecule has 0 amide bonds. The van der Waals surface area contributed by atoms with Crippen molar-refractivity contribution in [1.82, 2.24) is 39.0 Å². The molecule has 215 valence electrons. The van der Waals surface area contributed by atoms with E-state index in [2.05, 4.69) is 36.4 Å². The molecule has 0 bridgehead atoms. The maximum atomic E-state index is 10.6. The van der Waals surface area contributed by atoms with Crippen LogP contribution in [0.5, 0.6) is 0 Å². The first-order chi connectivity index (χ1) is 19.7. The van der Waals surface area contributed by atoms with Crippen LogP contribution in [0, 0.1) is 18.0 Å². The van der Waals surface area contributed by atoms with E-state index in [9.17, 15) is 20.4 Å². The van der Waals surface area contributed by atoms with Gasteiger partial charge in [-0.15, -0.1) is 0 Å². The van der Waals surface area contributed by atoms with Crippen LogP contribution in [0.4, 0.5) is 11.8 Å². The smallest absolute Gasteiger partial charge is 0.165 e. The Morgan fingerprint density at radius 3 is 2.22 bits per heavy atom. The van der Waals surface area contributed by atoms with Gasteiger partial charge in [0.2, 0.25) is 0 Å². The molecular formula is C26H33N10O4Y-. The number of aliphatic hydroxyl groups is 4. The summed E-state index contributed by atoms with van der Waals surface area (Å²) in [5.41, 5.74) is 2.01. The molecule has 5 N–H and O–H groups in total. The van der Waals surface area contributed by atoms with Crippen LogP contribution in [0.3, 0.4) is 0 Å². The van der Waals surface area contributed by atoms with E-state index in [1.54, 1.807) is 17.2 Å². The molecule has 0 aromatic carbocycles. The third-order valence-electron chi connectivity index (χ3n) is 8.95. The van der Waals surface area contributed by atoms with Crippen molar-refractivity contribution >= 4 is 34.1 Å². The zero-order valence-corrected chi connectivity index (χ0v) is 25.6. The number of rotatable bonds is 5. The largest absolute Gasteiger partial charge is 0.392 e. The van der Waals surface area contributed by atoms with Crippen molar-refractivity contribution in [3.05, 3.63) is 25.2 Å². The first-order valence-electron chi connectivity index (χ1n) is 14.3. The molecule has 7 rings (SSSR count). The van der Waals surface area contributed by atoms with Gasteiger partial charge in [0.1, 0.15) is 25.2 Å². The molecule has 3 aliphatic rings. The Hall–Kier alpha value is -2.36. The summed E-state index contributed by atoms with van der Waals surface area (Å²) >= 11 is 0. The van der Waals surface area contributed by atoms with Gasteiger partial charge in [0.05, 0.1) is 43.1 Å². The van der Waals surface area contributed by atoms with E-state index in [4.69, 9.17) is 6.35 Å². The summed E-state index contributed by atoms with van der Waals surface area (Å²) in [7, 11) is 0. The Morgan fingerprint density at radius 1 is 0.902 bits per heavy atom. The van der Waals surface area contributed by atoms with Gasteiger partial charge in [0.15, 0.2) is 11.5 Å². The topological polar surface area (TPSA) is 183 Å². The van der Waals surface area contributed by atoms with E-state index in [-0.39, 0.29) is 69.0 Å². The summed E-state index contributed by atoms with van der Waals surface area (Å²) in [5, 5.41) is 45.1. The van der Waals surface area contributed by atoms with Gasteiger partial charge in [0.25, 0.3) is 0 Å². The van der Waals surface area contributed by atoms with Crippen molar-refractivity contribution < 1.29 is 54.5 Å². The number of aromatic nitrogens is 8. The quantitative estimate of drug-likeness (QED) is 0.185. The molecule has 1 aliphatic heterocycles. The van der Waals surface area contributed by atoms with Crippen LogP contribution in [-0.4, -0.2) is 103 Å². The molecule has 14 nitrogen and oxygen atoms in total. The molecule has 15 heteroatoms. The average molecular weight is 641 g/mol. The summed E-state index contributed by atoms with van der Waals surface area (Å²) in [6.45, 7) is 5.05. The number of fused-ring (bicyclic) bond motifs is 2. The maximum Gasteiger partial charge on any atom is 0.165 e. The van der Waals surface area contributed by atoms with Gasteiger partial charge in [-0.2, -0.15) is 0 Å². The van der Waals surface area contributed by atoms with Crippen LogP contribution >= 0.6 is 0 Å². The number of nitrogens with zero attached hydrogens (tertiary/aromatic N) is 9. The number of hydrogen-bond acceptors (Lipinski definition) is 12. The first kappa shape index (κ1) is 27.5. The molecule has 0 spiro atoms. The SMILES string of the molecule is [3H]c1nc(N[C@@H]2CCN(c3n[c-]c4ncn([C@@H]5C[C@H](C)[C@@H](O)[C@H]5O)c4n3)C2)c2ncn([C@@H]3C[C@H](C)[C@@H](O)[C@H]3O)c2n1.[Y]. The maximum absolute atomic E-state index is 10.6. The van der Waals surface area contributed by atoms with Crippen LogP contribution in [0.25, 0.3) is 22.3 Å². The second kappa shape index (κ2) is 11.0. The number of aliphatic hydroxyl groups excluding tert-OH is 4. The van der Waals surface area contributed by atoms with Crippen molar-refractivity contribution in [1.29, 1.82) is 0 Å². The predicted molar refractivity (Wildman–Crippen MR) is 143 cm³/mol. The van der Waals surface area contributed by atoms with Crippen LogP contribution in [-0.2, 0) is 32.7 Å². The van der Waals surface area contributed by atoms with E-state index >= 15 is 0 Å². The molecular weight excluding hydrogens is 605 g/mol. The monoisotopic (exact) mass is 640 g/mol. The van der Waals surface area contributed by atoms with Gasteiger partial charge in [-0.3, -0.25) is 4.98 Å². The molecule has 3 fully saturated rings. The minimum atomic E-state index is -0.942. The fourth-order valence-corrected chi connectivity index (χ4v) is 6.56. The molecule has 5 heterocycles. The minimum Gasteiger partial charge on any atom is -0.392 e. The molecule has 4 aromatic rings.